The first-order valence-corrected chi connectivity index (χ1v) is 50.6. The van der Waals surface area contributed by atoms with Crippen LogP contribution in [0.15, 0.2) is 243 Å². The van der Waals surface area contributed by atoms with E-state index in [1.165, 1.54) is 165 Å². The third kappa shape index (κ3) is 26.3. The fraction of sp³-hybridized carbons (Fsp3) is 0.302. The van der Waals surface area contributed by atoms with Crippen LogP contribution < -0.4 is 71.9 Å². The number of nitrogens with zero attached hydrogens (tertiary/aromatic N) is 2. The molecule has 6 heterocycles. The molecule has 0 saturated carbocycles. The van der Waals surface area contributed by atoms with Crippen molar-refractivity contribution in [1.29, 1.82) is 0 Å². The van der Waals surface area contributed by atoms with Crippen LogP contribution in [0, 0.1) is 111 Å². The van der Waals surface area contributed by atoms with Gasteiger partial charge in [0.1, 0.15) is 13.2 Å². The number of carbonyl (C=O) groups is 2. The van der Waals surface area contributed by atoms with Gasteiger partial charge in [-0.05, 0) is 367 Å². The van der Waals surface area contributed by atoms with E-state index in [-0.39, 0.29) is 187 Å². The van der Waals surface area contributed by atoms with E-state index in [2.05, 4.69) is 340 Å². The topological polar surface area (TPSA) is 83.1 Å². The number of carbonyl (C=O) groups excluding carboxylic acids is 2. The number of fused-ring (bicyclic) bond motifs is 6. The molecule has 25 heteroatoms. The summed E-state index contributed by atoms with van der Waals surface area (Å²) in [6, 6.07) is 89.0. The predicted octanol–water partition coefficient (Wildman–Crippen LogP) is 16.9. The van der Waals surface area contributed by atoms with Crippen LogP contribution >= 0.6 is 138 Å². The second kappa shape index (κ2) is 49.2. The SMILES string of the molecule is O=C1OC[C@@H]2Cc3ccccc3[C@@H]([C@@H]3c4ccccc4C[C@H]4COC(=O)N43)N12.S.S.S.S.S.S.S.S.[B][P+](C[C@@H]1Cc2ccccc2[C@@H]([C@H]2N[C@H](C[P+]([B])(c3cc(C)cc(C)c3)c3cc(C)cc(C)c3)Cc3ccccc32)N1)(c1cc(C)cc(C)c1)c1cc(C)cc(C)c1.[B][PH+](c1cc(C)cc(C)c1)c1cc(C)cc(C)c1.[B][PH+](c1cc(C)cc(C)c1)c1cc(C)cc(C)c1.[Li+]. The Morgan fingerprint density at radius 3 is 0.733 bits per heavy atom. The summed E-state index contributed by atoms with van der Waals surface area (Å²) >= 11 is 0. The minimum atomic E-state index is -2.31. The Kier molecular flexibility index (Phi) is 42.9. The minimum Gasteiger partial charge on any atom is -0.447 e. The molecule has 8 atom stereocenters. The van der Waals surface area contributed by atoms with Crippen molar-refractivity contribution >= 4 is 223 Å². The summed E-state index contributed by atoms with van der Waals surface area (Å²) < 4.78 is 10.9. The fourth-order valence-corrected chi connectivity index (χ4v) is 31.1. The van der Waals surface area contributed by atoms with E-state index in [4.69, 9.17) is 39.7 Å². The maximum atomic E-state index is 12.7. The summed E-state index contributed by atoms with van der Waals surface area (Å²) in [6.07, 6.45) is 4.59. The molecule has 0 bridgehead atoms. The molecule has 6 aliphatic rings. The van der Waals surface area contributed by atoms with Gasteiger partial charge in [0.2, 0.25) is 0 Å². The first-order chi connectivity index (χ1) is 58.3. The number of aryl methyl sites for hydroxylation is 16. The molecule has 12 aromatic rings. The number of rotatable bonds is 14. The molecule has 0 aliphatic carbocycles. The van der Waals surface area contributed by atoms with Crippen LogP contribution in [0.5, 0.6) is 0 Å². The zero-order chi connectivity index (χ0) is 86.3. The summed E-state index contributed by atoms with van der Waals surface area (Å²) in [5.41, 5.74) is 30.7. The first kappa shape index (κ1) is 114. The van der Waals surface area contributed by atoms with Crippen molar-refractivity contribution in [1.82, 2.24) is 20.4 Å². The van der Waals surface area contributed by atoms with Crippen LogP contribution in [0.1, 0.15) is 158 Å². The van der Waals surface area contributed by atoms with Crippen molar-refractivity contribution in [3.8, 4) is 0 Å². The van der Waals surface area contributed by atoms with Gasteiger partial charge in [-0.15, -0.1) is 0 Å². The molecule has 8 radical (unpaired) electrons. The number of cyclic esters (lactones) is 2. The molecule has 2 fully saturated rings. The normalized spacial score (nSPS) is 18.0. The maximum Gasteiger partial charge on any atom is 1.00 e. The quantitative estimate of drug-likeness (QED) is 0.0834. The zero-order valence-corrected chi connectivity index (χ0v) is 90.9. The summed E-state index contributed by atoms with van der Waals surface area (Å²) in [6.45, 7) is 35.5. The van der Waals surface area contributed by atoms with Gasteiger partial charge in [-0.3, -0.25) is 9.80 Å². The van der Waals surface area contributed by atoms with Crippen molar-refractivity contribution in [2.75, 3.05) is 25.5 Å². The smallest absolute Gasteiger partial charge is 0.447 e. The van der Waals surface area contributed by atoms with Crippen molar-refractivity contribution in [2.45, 2.75) is 185 Å². The molecule has 2 amide bonds. The molecule has 0 spiro atoms. The monoisotopic (exact) mass is 1960 g/mol. The third-order valence-electron chi connectivity index (χ3n) is 25.3. The zero-order valence-electron chi connectivity index (χ0n) is 79.1. The molecule has 2 N–H and O–H groups in total. The van der Waals surface area contributed by atoms with Crippen LogP contribution in [0.25, 0.3) is 0 Å². The second-order valence-electron chi connectivity index (χ2n) is 36.3. The Morgan fingerprint density at radius 1 is 0.305 bits per heavy atom. The maximum absolute atomic E-state index is 12.7. The molecule has 0 aromatic heterocycles. The standard InChI is InChI=1S/C52H58B2N2P2.C22H20N2O4.2C16H19BP.Li.8H2S/c1-33-17-34(2)22-45(21-33)57(53,46-23-35(3)18-36(4)24-46)31-43-29-41-13-9-11-15-49(41)51(55-43)52-50-16-12-10-14-42(50)30-44(56-52)32-58(54,47-25-37(5)19-38(6)26-47)48-27-39(7)20-40(8)28-48;25-21-23-15(11-27-21)9-13-5-1-3-7-17(13)19(23)20-18-8-4-2-6-14(18)10-16-12-28-22(26)24(16)20;2*1-11-5-12(2)8-15(7-11)18(17)16-9-13(3)6-14(4)10-16;;;;;;;;;/h9-28,43-44,51-52,55-56H,29-32H2,1-8H3;1-8,15-16,19-20H,9-12H2;2*5-10,18H,1-4H3;;8*1H2/q+2;;3*+1;;;;;;;;/t43-,44-,51-,52-;15-,16-,19-,20-;;;;;;;;;;;/m00.........../s1. The van der Waals surface area contributed by atoms with Gasteiger partial charge in [-0.1, -0.05) is 146 Å². The van der Waals surface area contributed by atoms with Crippen molar-refractivity contribution in [3.05, 3.63) is 376 Å². The van der Waals surface area contributed by atoms with Crippen LogP contribution in [-0.2, 0) is 35.2 Å². The Morgan fingerprint density at radius 2 is 0.504 bits per heavy atom. The van der Waals surface area contributed by atoms with Gasteiger partial charge in [0, 0.05) is 42.0 Å². The predicted molar refractivity (Wildman–Crippen MR) is 610 cm³/mol. The first-order valence-electron chi connectivity index (χ1n) is 43.3. The molecule has 6 aliphatic heterocycles. The van der Waals surface area contributed by atoms with E-state index in [0.717, 1.165) is 49.1 Å². The number of hydrogen-bond donors (Lipinski definition) is 2. The molecule has 2 saturated heterocycles. The number of benzene rings is 12. The Balaban J connectivity index is 0.000000301. The Labute approximate surface area is 859 Å². The summed E-state index contributed by atoms with van der Waals surface area (Å²) in [7, 11) is 22.0. The van der Waals surface area contributed by atoms with Gasteiger partial charge in [0.25, 0.3) is 0 Å². The average Bonchev–Trinajstić information content (AvgIpc) is 1.63. The van der Waals surface area contributed by atoms with E-state index >= 15 is 0 Å². The van der Waals surface area contributed by atoms with E-state index in [9.17, 15) is 9.59 Å². The fourth-order valence-electron chi connectivity index (χ4n) is 20.6. The molecule has 8 nitrogen and oxygen atoms in total. The Bertz CT molecular complexity index is 5260. The Hall–Kier alpha value is -5.52. The molecule has 18 rings (SSSR count). The number of ether oxygens (including phenoxy) is 2. The van der Waals surface area contributed by atoms with E-state index in [0.29, 0.717) is 13.2 Å². The summed E-state index contributed by atoms with van der Waals surface area (Å²) in [4.78, 5) is 29.2. The average molecular weight is 1960 g/mol. The summed E-state index contributed by atoms with van der Waals surface area (Å²) in [5.74, 6) is 0. The van der Waals surface area contributed by atoms with Gasteiger partial charge in [-0.25, -0.2) is 9.59 Å². The van der Waals surface area contributed by atoms with E-state index in [1.807, 2.05) is 34.1 Å². The van der Waals surface area contributed by atoms with E-state index < -0.39 is 29.9 Å². The molecular weight excluding hydrogens is 1820 g/mol. The van der Waals surface area contributed by atoms with E-state index in [1.54, 1.807) is 0 Å². The van der Waals surface area contributed by atoms with Crippen LogP contribution in [0.4, 0.5) is 9.59 Å². The van der Waals surface area contributed by atoms with Crippen LogP contribution in [0.2, 0.25) is 0 Å². The van der Waals surface area contributed by atoms with Crippen molar-refractivity contribution in [3.63, 3.8) is 0 Å². The third-order valence-corrected chi connectivity index (χ3v) is 35.7. The number of hydrogen-bond acceptors (Lipinski definition) is 6. The van der Waals surface area contributed by atoms with Gasteiger partial charge >= 0.3 is 61.3 Å². The number of amides is 2. The second-order valence-corrected chi connectivity index (χ2v) is 46.5. The van der Waals surface area contributed by atoms with Crippen LogP contribution in [-0.4, -0.2) is 102 Å². The largest absolute Gasteiger partial charge is 1.00 e. The molecule has 131 heavy (non-hydrogen) atoms. The van der Waals surface area contributed by atoms with Gasteiger partial charge < -0.3 is 20.1 Å². The minimum absolute atomic E-state index is 0. The van der Waals surface area contributed by atoms with Crippen molar-refractivity contribution in [2.24, 2.45) is 0 Å². The van der Waals surface area contributed by atoms with Crippen LogP contribution in [0.3, 0.4) is 0 Å². The van der Waals surface area contributed by atoms with Crippen molar-refractivity contribution < 1.29 is 37.9 Å². The molecule has 0 unspecified atom stereocenters. The molecular formula is C106H132B4LiN4O4P4S8+5. The molecule has 12 aromatic carbocycles. The summed E-state index contributed by atoms with van der Waals surface area (Å²) in [5, 5.41) is 18.9. The van der Waals surface area contributed by atoms with Gasteiger partial charge in [-0.2, -0.15) is 108 Å². The number of nitrogens with one attached hydrogen (secondary N) is 2. The van der Waals surface area contributed by atoms with Gasteiger partial charge in [0.05, 0.1) is 91.0 Å². The van der Waals surface area contributed by atoms with Gasteiger partial charge in [0.15, 0.2) is 0 Å². The molecule has 676 valence electrons.